The smallest absolute Gasteiger partial charge is 0.406 e. The molecule has 0 aliphatic carbocycles. The van der Waals surface area contributed by atoms with Gasteiger partial charge in [0.15, 0.2) is 0 Å². The second kappa shape index (κ2) is 8.85. The van der Waals surface area contributed by atoms with Crippen LogP contribution >= 0.6 is 11.8 Å². The second-order valence-electron chi connectivity index (χ2n) is 6.78. The summed E-state index contributed by atoms with van der Waals surface area (Å²) < 4.78 is 79.6. The van der Waals surface area contributed by atoms with Crippen molar-refractivity contribution in [1.29, 1.82) is 0 Å². The van der Waals surface area contributed by atoms with E-state index in [2.05, 4.69) is 25.0 Å². The summed E-state index contributed by atoms with van der Waals surface area (Å²) in [5, 5.41) is 2.99. The highest BCUT2D eigenvalue weighted by Crippen LogP contribution is 2.32. The second-order valence-corrected chi connectivity index (χ2v) is 7.83. The normalized spacial score (nSPS) is 12.2. The lowest BCUT2D eigenvalue weighted by molar-refractivity contribution is -0.274. The molecule has 0 spiro atoms. The average molecular weight is 484 g/mol. The summed E-state index contributed by atoms with van der Waals surface area (Å²) >= 11 is 1.18. The van der Waals surface area contributed by atoms with Gasteiger partial charge >= 0.3 is 12.5 Å². The molecule has 0 saturated heterocycles. The first-order valence-corrected chi connectivity index (χ1v) is 10.3. The minimum Gasteiger partial charge on any atom is -0.406 e. The van der Waals surface area contributed by atoms with Crippen molar-refractivity contribution in [1.82, 2.24) is 15.0 Å². The van der Waals surface area contributed by atoms with Gasteiger partial charge in [0.2, 0.25) is 0 Å². The monoisotopic (exact) mass is 484 g/mol. The van der Waals surface area contributed by atoms with Crippen molar-refractivity contribution < 1.29 is 31.1 Å². The Morgan fingerprint density at radius 3 is 2.48 bits per heavy atom. The number of benzene rings is 2. The number of aromatic amines is 1. The minimum atomic E-state index is -4.79. The number of halogens is 6. The van der Waals surface area contributed by atoms with Gasteiger partial charge in [0.1, 0.15) is 17.3 Å². The first kappa shape index (κ1) is 22.8. The van der Waals surface area contributed by atoms with Crippen LogP contribution in [0.5, 0.6) is 5.75 Å². The number of nitrogens with one attached hydrogen (secondary N) is 2. The maximum atomic E-state index is 12.8. The minimum absolute atomic E-state index is 0.301. The number of aromatic nitrogens is 3. The SMILES string of the molecule is FC(F)(F)Oc1cccc(Nc2ccc3[nH]c(CSc4ccnc(C(F)(F)F)c4)nc3c2)c1. The van der Waals surface area contributed by atoms with Crippen LogP contribution in [0.15, 0.2) is 65.7 Å². The summed E-state index contributed by atoms with van der Waals surface area (Å²) in [7, 11) is 0. The Hall–Kier alpha value is -3.41. The topological polar surface area (TPSA) is 62.8 Å². The van der Waals surface area contributed by atoms with Crippen molar-refractivity contribution in [2.45, 2.75) is 23.2 Å². The zero-order valence-corrected chi connectivity index (χ0v) is 17.3. The molecule has 33 heavy (non-hydrogen) atoms. The Kier molecular flexibility index (Phi) is 6.11. The van der Waals surface area contributed by atoms with Crippen molar-refractivity contribution in [3.8, 4) is 5.75 Å². The van der Waals surface area contributed by atoms with Crippen molar-refractivity contribution in [3.63, 3.8) is 0 Å². The van der Waals surface area contributed by atoms with E-state index in [0.29, 0.717) is 38.9 Å². The molecule has 2 heterocycles. The molecule has 0 aliphatic rings. The van der Waals surface area contributed by atoms with Crippen molar-refractivity contribution >= 4 is 34.2 Å². The lowest BCUT2D eigenvalue weighted by Gasteiger charge is -2.11. The number of fused-ring (bicyclic) bond motifs is 1. The maximum absolute atomic E-state index is 12.8. The van der Waals surface area contributed by atoms with Crippen molar-refractivity contribution in [2.24, 2.45) is 0 Å². The molecule has 0 radical (unpaired) electrons. The highest BCUT2D eigenvalue weighted by atomic mass is 32.2. The molecule has 0 aliphatic heterocycles. The van der Waals surface area contributed by atoms with Crippen LogP contribution in [0.1, 0.15) is 11.5 Å². The van der Waals surface area contributed by atoms with E-state index in [-0.39, 0.29) is 5.75 Å². The zero-order chi connectivity index (χ0) is 23.6. The molecule has 0 atom stereocenters. The van der Waals surface area contributed by atoms with Crippen molar-refractivity contribution in [2.75, 3.05) is 5.32 Å². The molecule has 4 aromatic rings. The van der Waals surface area contributed by atoms with Crippen LogP contribution < -0.4 is 10.1 Å². The summed E-state index contributed by atoms with van der Waals surface area (Å²) in [6, 6.07) is 13.0. The van der Waals surface area contributed by atoms with Crippen LogP contribution in [-0.4, -0.2) is 21.3 Å². The number of alkyl halides is 6. The third kappa shape index (κ3) is 6.09. The maximum Gasteiger partial charge on any atom is 0.573 e. The fourth-order valence-corrected chi connectivity index (χ4v) is 3.74. The fraction of sp³-hybridized carbons (Fsp3) is 0.143. The Morgan fingerprint density at radius 1 is 0.939 bits per heavy atom. The first-order chi connectivity index (χ1) is 15.5. The van der Waals surface area contributed by atoms with E-state index in [9.17, 15) is 26.3 Å². The first-order valence-electron chi connectivity index (χ1n) is 9.33. The summed E-state index contributed by atoms with van der Waals surface area (Å²) in [6.45, 7) is 0. The van der Waals surface area contributed by atoms with Crippen molar-refractivity contribution in [3.05, 3.63) is 72.3 Å². The molecule has 12 heteroatoms. The van der Waals surface area contributed by atoms with E-state index in [1.807, 2.05) is 0 Å². The summed E-state index contributed by atoms with van der Waals surface area (Å²) in [5.74, 6) is 0.505. The van der Waals surface area contributed by atoms with Gasteiger partial charge in [0.05, 0.1) is 16.8 Å². The number of H-pyrrole nitrogens is 1. The van der Waals surface area contributed by atoms with Crippen LogP contribution in [0.3, 0.4) is 0 Å². The molecule has 2 N–H and O–H groups in total. The summed E-state index contributed by atoms with van der Waals surface area (Å²) in [6.07, 6.45) is -8.19. The summed E-state index contributed by atoms with van der Waals surface area (Å²) in [5.41, 5.74) is 1.31. The number of pyridine rings is 1. The van der Waals surface area contributed by atoms with E-state index in [1.165, 1.54) is 36.0 Å². The van der Waals surface area contributed by atoms with Gasteiger partial charge in [-0.3, -0.25) is 4.98 Å². The van der Waals surface area contributed by atoms with Gasteiger partial charge in [-0.15, -0.1) is 24.9 Å². The van der Waals surface area contributed by atoms with Crippen LogP contribution in [0.4, 0.5) is 37.7 Å². The van der Waals surface area contributed by atoms with Gasteiger partial charge in [-0.25, -0.2) is 4.98 Å². The highest BCUT2D eigenvalue weighted by Gasteiger charge is 2.32. The number of ether oxygens (including phenoxy) is 1. The highest BCUT2D eigenvalue weighted by molar-refractivity contribution is 7.98. The number of nitrogens with zero attached hydrogens (tertiary/aromatic N) is 2. The molecule has 0 bridgehead atoms. The van der Waals surface area contributed by atoms with Crippen LogP contribution in [0.2, 0.25) is 0 Å². The molecule has 5 nitrogen and oxygen atoms in total. The van der Waals surface area contributed by atoms with Crippen LogP contribution in [0, 0.1) is 0 Å². The molecule has 0 fully saturated rings. The van der Waals surface area contributed by atoms with Gasteiger partial charge in [-0.05, 0) is 42.5 Å². The Labute approximate surface area is 187 Å². The van der Waals surface area contributed by atoms with Gasteiger partial charge in [0, 0.05) is 28.5 Å². The average Bonchev–Trinajstić information content (AvgIpc) is 3.13. The molecule has 0 unspecified atom stereocenters. The van der Waals surface area contributed by atoms with Crippen LogP contribution in [-0.2, 0) is 11.9 Å². The van der Waals surface area contributed by atoms with E-state index in [1.54, 1.807) is 24.3 Å². The molecule has 2 aromatic heterocycles. The van der Waals surface area contributed by atoms with E-state index in [4.69, 9.17) is 0 Å². The lowest BCUT2D eigenvalue weighted by atomic mass is 10.2. The van der Waals surface area contributed by atoms with E-state index >= 15 is 0 Å². The molecular formula is C21H14F6N4OS. The third-order valence-electron chi connectivity index (χ3n) is 4.29. The number of hydrogen-bond acceptors (Lipinski definition) is 5. The number of hydrogen-bond donors (Lipinski definition) is 2. The Bertz CT molecular complexity index is 1270. The molecule has 0 amide bonds. The number of rotatable bonds is 6. The van der Waals surface area contributed by atoms with E-state index in [0.717, 1.165) is 12.3 Å². The summed E-state index contributed by atoms with van der Waals surface area (Å²) in [4.78, 5) is 11.3. The van der Waals surface area contributed by atoms with Gasteiger partial charge in [-0.1, -0.05) is 6.07 Å². The standard InChI is InChI=1S/C21H14F6N4OS/c22-20(23,24)18-10-15(6-7-28-18)33-11-19-30-16-5-4-13(9-17(16)31-19)29-12-2-1-3-14(8-12)32-21(25,26)27/h1-10,29H,11H2,(H,30,31). The predicted molar refractivity (Wildman–Crippen MR) is 111 cm³/mol. The fourth-order valence-electron chi connectivity index (χ4n) is 2.95. The van der Waals surface area contributed by atoms with E-state index < -0.39 is 18.2 Å². The Morgan fingerprint density at radius 2 is 1.73 bits per heavy atom. The Balaban J connectivity index is 1.45. The van der Waals surface area contributed by atoms with Crippen LogP contribution in [0.25, 0.3) is 11.0 Å². The lowest BCUT2D eigenvalue weighted by Crippen LogP contribution is -2.17. The third-order valence-corrected chi connectivity index (χ3v) is 5.29. The van der Waals surface area contributed by atoms with Gasteiger partial charge < -0.3 is 15.0 Å². The molecule has 4 rings (SSSR count). The molecule has 0 saturated carbocycles. The number of thioether (sulfide) groups is 1. The zero-order valence-electron chi connectivity index (χ0n) is 16.5. The number of imidazole rings is 1. The number of anilines is 2. The predicted octanol–water partition coefficient (Wildman–Crippen LogP) is 6.91. The van der Waals surface area contributed by atoms with Gasteiger partial charge in [0.25, 0.3) is 0 Å². The van der Waals surface area contributed by atoms with Gasteiger partial charge in [-0.2, -0.15) is 13.2 Å². The largest absolute Gasteiger partial charge is 0.573 e. The molecule has 172 valence electrons. The molecular weight excluding hydrogens is 470 g/mol. The molecule has 2 aromatic carbocycles. The quantitative estimate of drug-likeness (QED) is 0.230.